The molecule has 1 aromatic rings. The van der Waals surface area contributed by atoms with Crippen molar-refractivity contribution in [1.29, 1.82) is 0 Å². The number of carbonyl (C=O) groups excluding carboxylic acids is 2. The molecule has 8 nitrogen and oxygen atoms in total. The highest BCUT2D eigenvalue weighted by atomic mass is 16.5. The fourth-order valence-electron chi connectivity index (χ4n) is 4.02. The summed E-state index contributed by atoms with van der Waals surface area (Å²) in [4.78, 5) is 27.4. The molecule has 0 spiro atoms. The smallest absolute Gasteiger partial charge is 0.336 e. The zero-order valence-corrected chi connectivity index (χ0v) is 19.1. The second kappa shape index (κ2) is 11.0. The van der Waals surface area contributed by atoms with Crippen LogP contribution in [0, 0.1) is 0 Å². The Balaban J connectivity index is 2.05. The van der Waals surface area contributed by atoms with E-state index in [4.69, 9.17) is 23.7 Å². The van der Waals surface area contributed by atoms with E-state index >= 15 is 0 Å². The van der Waals surface area contributed by atoms with Crippen LogP contribution in [0.5, 0.6) is 11.5 Å². The van der Waals surface area contributed by atoms with Gasteiger partial charge in [0.05, 0.1) is 50.6 Å². The number of methoxy groups -OCH3 is 2. The topological polar surface area (TPSA) is 83.5 Å². The second-order valence-electron chi connectivity index (χ2n) is 7.49. The van der Waals surface area contributed by atoms with Gasteiger partial charge in [-0.15, -0.1) is 0 Å². The van der Waals surface area contributed by atoms with Crippen LogP contribution in [0.1, 0.15) is 38.2 Å². The minimum absolute atomic E-state index is 0.0341. The van der Waals surface area contributed by atoms with Crippen molar-refractivity contribution in [3.63, 3.8) is 0 Å². The van der Waals surface area contributed by atoms with Gasteiger partial charge in [-0.05, 0) is 44.4 Å². The van der Waals surface area contributed by atoms with Crippen molar-refractivity contribution in [3.8, 4) is 11.5 Å². The lowest BCUT2D eigenvalue weighted by Gasteiger charge is -2.31. The molecule has 3 rings (SSSR count). The second-order valence-corrected chi connectivity index (χ2v) is 7.49. The highest BCUT2D eigenvalue weighted by Gasteiger charge is 2.36. The van der Waals surface area contributed by atoms with Crippen molar-refractivity contribution in [2.24, 2.45) is 0 Å². The van der Waals surface area contributed by atoms with E-state index in [2.05, 4.69) is 0 Å². The van der Waals surface area contributed by atoms with Gasteiger partial charge >= 0.3 is 11.9 Å². The van der Waals surface area contributed by atoms with Crippen molar-refractivity contribution in [3.05, 3.63) is 47.3 Å². The Morgan fingerprint density at radius 3 is 2.16 bits per heavy atom. The van der Waals surface area contributed by atoms with Gasteiger partial charge in [0.15, 0.2) is 11.5 Å². The molecule has 0 bridgehead atoms. The number of ether oxygens (including phenoxy) is 5. The number of nitrogens with zero attached hydrogens (tertiary/aromatic N) is 1. The average Bonchev–Trinajstić information content (AvgIpc) is 3.32. The van der Waals surface area contributed by atoms with E-state index < -0.39 is 17.9 Å². The Labute approximate surface area is 188 Å². The molecule has 0 saturated carbocycles. The van der Waals surface area contributed by atoms with Crippen molar-refractivity contribution in [2.45, 2.75) is 38.7 Å². The summed E-state index contributed by atoms with van der Waals surface area (Å²) < 4.78 is 27.3. The maximum atomic E-state index is 12.8. The van der Waals surface area contributed by atoms with E-state index in [1.807, 2.05) is 24.8 Å². The quantitative estimate of drug-likeness (QED) is 0.536. The fourth-order valence-corrected chi connectivity index (χ4v) is 4.02. The Hall–Kier alpha value is -3.00. The van der Waals surface area contributed by atoms with Crippen LogP contribution in [0.3, 0.4) is 0 Å². The summed E-state index contributed by atoms with van der Waals surface area (Å²) >= 11 is 0. The van der Waals surface area contributed by atoms with Crippen molar-refractivity contribution >= 4 is 11.9 Å². The average molecular weight is 446 g/mol. The normalized spacial score (nSPS) is 18.6. The zero-order chi connectivity index (χ0) is 23.1. The molecular formula is C24H31NO7. The number of hydrogen-bond acceptors (Lipinski definition) is 8. The maximum absolute atomic E-state index is 12.8. The van der Waals surface area contributed by atoms with Crippen LogP contribution in [-0.4, -0.2) is 63.5 Å². The first-order chi connectivity index (χ1) is 15.5. The number of carbonyl (C=O) groups is 2. The Kier molecular flexibility index (Phi) is 8.16. The molecule has 0 unspecified atom stereocenters. The van der Waals surface area contributed by atoms with Gasteiger partial charge in [0.25, 0.3) is 0 Å². The molecule has 174 valence electrons. The number of esters is 2. The summed E-state index contributed by atoms with van der Waals surface area (Å²) in [6.07, 6.45) is 5.41. The molecule has 0 aliphatic carbocycles. The van der Waals surface area contributed by atoms with Gasteiger partial charge in [-0.2, -0.15) is 0 Å². The molecule has 1 fully saturated rings. The van der Waals surface area contributed by atoms with E-state index in [-0.39, 0.29) is 6.10 Å². The summed E-state index contributed by atoms with van der Waals surface area (Å²) in [5.74, 6) is -0.573. The molecule has 0 radical (unpaired) electrons. The molecular weight excluding hydrogens is 414 g/mol. The molecule has 1 atom stereocenters. The summed E-state index contributed by atoms with van der Waals surface area (Å²) in [7, 11) is 2.65. The fraction of sp³-hybridized carbons (Fsp3) is 0.500. The van der Waals surface area contributed by atoms with Crippen LogP contribution in [0.25, 0.3) is 0 Å². The molecule has 2 heterocycles. The van der Waals surface area contributed by atoms with Crippen molar-refractivity contribution in [1.82, 2.24) is 4.90 Å². The minimum Gasteiger partial charge on any atom is -0.490 e. The highest BCUT2D eigenvalue weighted by molar-refractivity contribution is 5.98. The lowest BCUT2D eigenvalue weighted by Crippen LogP contribution is -2.32. The Bertz CT molecular complexity index is 852. The van der Waals surface area contributed by atoms with Crippen molar-refractivity contribution < 1.29 is 33.3 Å². The third-order valence-corrected chi connectivity index (χ3v) is 5.41. The molecule has 8 heteroatoms. The number of rotatable bonds is 9. The monoisotopic (exact) mass is 445 g/mol. The van der Waals surface area contributed by atoms with E-state index in [9.17, 15) is 9.59 Å². The molecule has 32 heavy (non-hydrogen) atoms. The molecule has 1 saturated heterocycles. The van der Waals surface area contributed by atoms with Crippen LogP contribution in [-0.2, 0) is 23.8 Å². The molecule has 2 aliphatic heterocycles. The first-order valence-electron chi connectivity index (χ1n) is 10.9. The highest BCUT2D eigenvalue weighted by Crippen LogP contribution is 2.40. The lowest BCUT2D eigenvalue weighted by molar-refractivity contribution is -0.137. The molecule has 0 N–H and O–H groups in total. The van der Waals surface area contributed by atoms with Crippen LogP contribution in [0.2, 0.25) is 0 Å². The molecule has 1 aromatic carbocycles. The lowest BCUT2D eigenvalue weighted by atomic mass is 9.83. The van der Waals surface area contributed by atoms with Crippen LogP contribution < -0.4 is 9.47 Å². The van der Waals surface area contributed by atoms with Gasteiger partial charge in [0.1, 0.15) is 0 Å². The molecule has 0 aromatic heterocycles. The summed E-state index contributed by atoms with van der Waals surface area (Å²) in [6, 6.07) is 5.40. The van der Waals surface area contributed by atoms with E-state index in [0.717, 1.165) is 12.8 Å². The molecule has 0 amide bonds. The summed E-state index contributed by atoms with van der Waals surface area (Å²) in [6.45, 7) is 5.95. The van der Waals surface area contributed by atoms with Gasteiger partial charge in [-0.25, -0.2) is 9.59 Å². The SMILES string of the molecule is CCOc1ccc(C2C(C(=O)OC)=CN(C[C@H]3CCCO3)C=C2C(=O)OC)cc1OCC. The predicted octanol–water partition coefficient (Wildman–Crippen LogP) is 3.18. The predicted molar refractivity (Wildman–Crippen MR) is 117 cm³/mol. The van der Waals surface area contributed by atoms with E-state index in [0.29, 0.717) is 54.6 Å². The largest absolute Gasteiger partial charge is 0.490 e. The van der Waals surface area contributed by atoms with Gasteiger partial charge in [0.2, 0.25) is 0 Å². The van der Waals surface area contributed by atoms with Gasteiger partial charge in [0, 0.05) is 25.6 Å². The zero-order valence-electron chi connectivity index (χ0n) is 19.1. The standard InChI is InChI=1S/C24H31NO7/c1-5-30-20-10-9-16(12-21(20)31-6-2)22-18(23(26)28-3)14-25(13-17-8-7-11-32-17)15-19(22)24(27)29-4/h9-10,12,14-15,17,22H,5-8,11,13H2,1-4H3/t17-/m1/s1. The summed E-state index contributed by atoms with van der Waals surface area (Å²) in [5.41, 5.74) is 1.36. The van der Waals surface area contributed by atoms with Gasteiger partial charge in [-0.3, -0.25) is 0 Å². The summed E-state index contributed by atoms with van der Waals surface area (Å²) in [5, 5.41) is 0. The third kappa shape index (κ3) is 5.24. The maximum Gasteiger partial charge on any atom is 0.336 e. The Morgan fingerprint density at radius 1 is 1.00 bits per heavy atom. The Morgan fingerprint density at radius 2 is 1.62 bits per heavy atom. The van der Waals surface area contributed by atoms with Crippen LogP contribution >= 0.6 is 0 Å². The first-order valence-corrected chi connectivity index (χ1v) is 10.9. The first kappa shape index (κ1) is 23.7. The van der Waals surface area contributed by atoms with Crippen molar-refractivity contribution in [2.75, 3.05) is 40.6 Å². The van der Waals surface area contributed by atoms with E-state index in [1.165, 1.54) is 14.2 Å². The van der Waals surface area contributed by atoms with Gasteiger partial charge in [-0.1, -0.05) is 6.07 Å². The van der Waals surface area contributed by atoms with Crippen LogP contribution in [0.15, 0.2) is 41.7 Å². The minimum atomic E-state index is -0.675. The third-order valence-electron chi connectivity index (χ3n) is 5.41. The molecule has 2 aliphatic rings. The number of benzene rings is 1. The number of hydrogen-bond donors (Lipinski definition) is 0. The van der Waals surface area contributed by atoms with Crippen LogP contribution in [0.4, 0.5) is 0 Å². The van der Waals surface area contributed by atoms with Gasteiger partial charge < -0.3 is 28.6 Å². The van der Waals surface area contributed by atoms with E-state index in [1.54, 1.807) is 24.5 Å².